The number of aromatic nitrogens is 1. The molecule has 91 heavy (non-hydrogen) atoms. The molecule has 0 spiro atoms. The van der Waals surface area contributed by atoms with E-state index < -0.39 is 143 Å². The van der Waals surface area contributed by atoms with Crippen LogP contribution in [-0.2, 0) is 82.6 Å². The van der Waals surface area contributed by atoms with Crippen LogP contribution in [0, 0.1) is 13.8 Å². The van der Waals surface area contributed by atoms with Gasteiger partial charge in [-0.1, -0.05) is 18.2 Å². The SMILES string of the molecule is Cc1cc(OCCCC(=O)NCCNC(=O)[C@H](CS(=O)(=O)O)NC(=S)Nc2ccc(C[C@@H](CN(CC(=O)O)CC(C)N(CC(=O)O)CC(=O)O)N(CC(=O)O)CC(=O)O)cc2)cc(C)c1S(=O)(=O)N[C@@H](CNC(=O)CCCCc1ccc2c(n1)NCCC2)C(=O)O. The number of amides is 3. The van der Waals surface area contributed by atoms with Crippen LogP contribution >= 0.6 is 12.2 Å². The van der Waals surface area contributed by atoms with Gasteiger partial charge in [0.2, 0.25) is 27.7 Å². The van der Waals surface area contributed by atoms with Gasteiger partial charge in [-0.15, -0.1) is 0 Å². The highest BCUT2D eigenvalue weighted by molar-refractivity contribution is 7.89. The lowest BCUT2D eigenvalue weighted by Crippen LogP contribution is -2.53. The van der Waals surface area contributed by atoms with E-state index in [0.717, 1.165) is 40.7 Å². The van der Waals surface area contributed by atoms with Gasteiger partial charge in [-0.25, -0.2) is 13.4 Å². The van der Waals surface area contributed by atoms with Gasteiger partial charge >= 0.3 is 35.8 Å². The second kappa shape index (κ2) is 36.6. The molecule has 32 nitrogen and oxygen atoms in total. The Morgan fingerprint density at radius 1 is 0.714 bits per heavy atom. The standard InChI is InChI=1S/C56H79N11O21S3/c1-34-22-42(23-35(2)52(34)91(86,87)64-43(55(81)82)25-60-46(69)10-5-4-9-39-17-14-38-8-6-18-58-53(38)61-39)88-21-7-11-45(68)57-19-20-59-54(80)44(33-90(83,84)85)63-56(89)62-40-15-12-37(13-16-40)24-41(67(31-50(76)77)32-51(78)79)27-65(28-47(70)71)26-36(3)66(29-48(72)73)30-49(74)75/h12-17,22-23,36,41,43-44,64H,4-11,18-21,24-33H2,1-3H3,(H,57,68)(H,58,61)(H,59,80)(H,60,69)(H,70,71)(H,72,73)(H,74,75)(H,76,77)(H,78,79)(H,81,82)(H2,62,63,89)(H,83,84,85)/t36?,41-,43-,44-/m0/s1. The molecule has 0 saturated carbocycles. The molecular weight excluding hydrogens is 1260 g/mol. The maximum atomic E-state index is 13.5. The molecule has 3 aromatic rings. The third-order valence-electron chi connectivity index (χ3n) is 13.9. The van der Waals surface area contributed by atoms with E-state index in [4.69, 9.17) is 17.0 Å². The fourth-order valence-electron chi connectivity index (χ4n) is 9.85. The summed E-state index contributed by atoms with van der Waals surface area (Å²) in [6.07, 6.45) is 3.98. The van der Waals surface area contributed by atoms with Crippen molar-refractivity contribution in [3.8, 4) is 5.75 Å². The minimum absolute atomic E-state index is 0.00743. The van der Waals surface area contributed by atoms with Crippen molar-refractivity contribution in [3.05, 3.63) is 76.5 Å². The van der Waals surface area contributed by atoms with Crippen LogP contribution in [0.2, 0.25) is 0 Å². The minimum atomic E-state index is -4.79. The van der Waals surface area contributed by atoms with Crippen LogP contribution in [0.15, 0.2) is 53.4 Å². The summed E-state index contributed by atoms with van der Waals surface area (Å²) in [7, 11) is -9.22. The quantitative estimate of drug-likeness (QED) is 0.0195. The van der Waals surface area contributed by atoms with Gasteiger partial charge in [0.1, 0.15) is 29.4 Å². The number of carboxylic acids is 6. The number of unbranched alkanes of at least 4 members (excludes halogenated alkanes) is 1. The monoisotopic (exact) mass is 1340 g/mol. The van der Waals surface area contributed by atoms with Gasteiger partial charge in [0.25, 0.3) is 10.1 Å². The van der Waals surface area contributed by atoms with Gasteiger partial charge in [0.15, 0.2) is 5.11 Å². The Morgan fingerprint density at radius 3 is 1.89 bits per heavy atom. The van der Waals surface area contributed by atoms with Crippen LogP contribution in [0.4, 0.5) is 11.5 Å². The number of rotatable bonds is 42. The topological polar surface area (TPSA) is 480 Å². The third-order valence-corrected chi connectivity index (χ3v) is 16.7. The molecule has 35 heteroatoms. The number of carbonyl (C=O) groups excluding carboxylic acids is 3. The van der Waals surface area contributed by atoms with E-state index in [1.165, 1.54) is 67.6 Å². The van der Waals surface area contributed by atoms with Crippen molar-refractivity contribution in [1.82, 2.24) is 45.7 Å². The number of aryl methyl sites for hydroxylation is 4. The lowest BCUT2D eigenvalue weighted by Gasteiger charge is -2.36. The molecule has 0 fully saturated rings. The van der Waals surface area contributed by atoms with Crippen LogP contribution in [0.1, 0.15) is 73.4 Å². The molecule has 14 N–H and O–H groups in total. The highest BCUT2D eigenvalue weighted by atomic mass is 32.2. The molecule has 0 aliphatic carbocycles. The number of aliphatic carboxylic acids is 6. The van der Waals surface area contributed by atoms with Crippen molar-refractivity contribution >= 4 is 103 Å². The maximum absolute atomic E-state index is 13.5. The molecule has 2 aromatic carbocycles. The fraction of sp³-hybridized carbons (Fsp3) is 0.518. The Labute approximate surface area is 530 Å². The number of fused-ring (bicyclic) bond motifs is 1. The molecule has 502 valence electrons. The second-order valence-corrected chi connectivity index (χ2v) is 25.2. The first-order valence-electron chi connectivity index (χ1n) is 28.7. The normalized spacial score (nSPS) is 13.6. The van der Waals surface area contributed by atoms with Crippen molar-refractivity contribution in [2.45, 2.75) is 108 Å². The predicted octanol–water partition coefficient (Wildman–Crippen LogP) is -0.420. The number of anilines is 2. The molecule has 4 rings (SSSR count). The van der Waals surface area contributed by atoms with Gasteiger partial charge in [0.05, 0.1) is 44.2 Å². The Morgan fingerprint density at radius 2 is 1.30 bits per heavy atom. The Kier molecular flexibility index (Phi) is 30.3. The summed E-state index contributed by atoms with van der Waals surface area (Å²) >= 11 is 5.32. The first-order chi connectivity index (χ1) is 42.8. The second-order valence-electron chi connectivity index (χ2n) is 21.6. The number of nitrogens with zero attached hydrogens (tertiary/aromatic N) is 4. The minimum Gasteiger partial charge on any atom is -0.494 e. The van der Waals surface area contributed by atoms with Crippen molar-refractivity contribution in [3.63, 3.8) is 0 Å². The van der Waals surface area contributed by atoms with Gasteiger partial charge in [-0.2, -0.15) is 13.1 Å². The molecule has 0 bridgehead atoms. The summed E-state index contributed by atoms with van der Waals surface area (Å²) in [5.41, 5.74) is 3.24. The summed E-state index contributed by atoms with van der Waals surface area (Å²) in [6.45, 7) is 0.340. The van der Waals surface area contributed by atoms with Crippen LogP contribution in [0.25, 0.3) is 0 Å². The number of thiocarbonyl (C=S) groups is 1. The van der Waals surface area contributed by atoms with Crippen LogP contribution in [-0.4, -0.2) is 239 Å². The summed E-state index contributed by atoms with van der Waals surface area (Å²) < 4.78 is 68.6. The molecule has 4 atom stereocenters. The molecule has 1 unspecified atom stereocenters. The van der Waals surface area contributed by atoms with E-state index >= 15 is 0 Å². The number of sulfonamides is 1. The van der Waals surface area contributed by atoms with Crippen LogP contribution in [0.5, 0.6) is 5.75 Å². The van der Waals surface area contributed by atoms with Crippen LogP contribution in [0.3, 0.4) is 0 Å². The molecule has 1 aromatic heterocycles. The third kappa shape index (κ3) is 28.3. The zero-order chi connectivity index (χ0) is 67.6. The predicted molar refractivity (Wildman–Crippen MR) is 331 cm³/mol. The van der Waals surface area contributed by atoms with Crippen LogP contribution < -0.4 is 41.4 Å². The first kappa shape index (κ1) is 75.3. The zero-order valence-corrected chi connectivity index (χ0v) is 52.8. The number of carboxylic acid groups (broad SMARTS) is 6. The molecule has 0 saturated heterocycles. The molecule has 1 aliphatic rings. The molecule has 0 radical (unpaired) electrons. The number of carbonyl (C=O) groups is 9. The first-order valence-corrected chi connectivity index (χ1v) is 32.2. The van der Waals surface area contributed by atoms with Crippen molar-refractivity contribution in [2.75, 3.05) is 95.0 Å². The van der Waals surface area contributed by atoms with Gasteiger partial charge in [-0.3, -0.25) is 62.4 Å². The van der Waals surface area contributed by atoms with Gasteiger partial charge in [0, 0.05) is 75.6 Å². The van der Waals surface area contributed by atoms with Crippen molar-refractivity contribution in [1.29, 1.82) is 0 Å². The fourth-order valence-corrected chi connectivity index (χ4v) is 12.4. The van der Waals surface area contributed by atoms with E-state index in [9.17, 15) is 95.2 Å². The smallest absolute Gasteiger partial charge is 0.323 e. The number of nitrogens with one attached hydrogen (secondary N) is 7. The average molecular weight is 1340 g/mol. The lowest BCUT2D eigenvalue weighted by molar-refractivity contribution is -0.144. The van der Waals surface area contributed by atoms with E-state index in [1.807, 2.05) is 6.07 Å². The molecule has 2 heterocycles. The average Bonchev–Trinajstić information content (AvgIpc) is 0.844. The Balaban J connectivity index is 1.25. The summed E-state index contributed by atoms with van der Waals surface area (Å²) in [5, 5.41) is 73.5. The number of benzene rings is 2. The molecule has 3 amide bonds. The van der Waals surface area contributed by atoms with Gasteiger partial charge in [-0.05, 0) is 131 Å². The molecular formula is C56H79N11O21S3. The van der Waals surface area contributed by atoms with E-state index in [0.29, 0.717) is 24.8 Å². The number of hydrogen-bond acceptors (Lipinski definition) is 20. The van der Waals surface area contributed by atoms with Crippen molar-refractivity contribution in [2.24, 2.45) is 0 Å². The number of pyridine rings is 1. The van der Waals surface area contributed by atoms with Crippen molar-refractivity contribution < 1.29 is 99.9 Å². The summed E-state index contributed by atoms with van der Waals surface area (Å²) in [5.74, 6) is -10.2. The maximum Gasteiger partial charge on any atom is 0.323 e. The number of hydrogen-bond donors (Lipinski definition) is 14. The number of ether oxygens (including phenoxy) is 1. The highest BCUT2D eigenvalue weighted by Crippen LogP contribution is 2.27. The highest BCUT2D eigenvalue weighted by Gasteiger charge is 2.32. The largest absolute Gasteiger partial charge is 0.494 e. The Bertz CT molecular complexity index is 3250. The summed E-state index contributed by atoms with van der Waals surface area (Å²) in [6, 6.07) is 7.64. The molecule has 1 aliphatic heterocycles. The van der Waals surface area contributed by atoms with E-state index in [1.54, 1.807) is 0 Å². The summed E-state index contributed by atoms with van der Waals surface area (Å²) in [4.78, 5) is 117. The Hall–Kier alpha value is -8.19. The van der Waals surface area contributed by atoms with E-state index in [-0.39, 0.29) is 91.0 Å². The van der Waals surface area contributed by atoms with E-state index in [2.05, 4.69) is 47.7 Å². The zero-order valence-electron chi connectivity index (χ0n) is 50.3. The van der Waals surface area contributed by atoms with Gasteiger partial charge < -0.3 is 67.3 Å². The lowest BCUT2D eigenvalue weighted by atomic mass is 10.0.